The number of ether oxygens (including phenoxy) is 1. The Hall–Kier alpha value is -2.37. The maximum absolute atomic E-state index is 13.7. The van der Waals surface area contributed by atoms with Crippen molar-refractivity contribution in [1.82, 2.24) is 10.2 Å². The molecule has 1 aliphatic rings. The lowest BCUT2D eigenvalue weighted by atomic mass is 9.92. The molecular weight excluding hydrogens is 311 g/mol. The number of amides is 2. The Labute approximate surface area is 141 Å². The maximum atomic E-state index is 13.7. The normalized spacial score (nSPS) is 16.7. The summed E-state index contributed by atoms with van der Waals surface area (Å²) >= 11 is 0. The average Bonchev–Trinajstić information content (AvgIpc) is 2.52. The highest BCUT2D eigenvalue weighted by Crippen LogP contribution is 2.21. The summed E-state index contributed by atoms with van der Waals surface area (Å²) in [6, 6.07) is 5.93. The first-order chi connectivity index (χ1) is 11.5. The van der Waals surface area contributed by atoms with Gasteiger partial charge in [-0.15, -0.1) is 0 Å². The highest BCUT2D eigenvalue weighted by molar-refractivity contribution is 5.87. The molecule has 1 fully saturated rings. The Morgan fingerprint density at radius 1 is 1.46 bits per heavy atom. The molecule has 5 nitrogen and oxygen atoms in total. The molecule has 1 aromatic rings. The lowest BCUT2D eigenvalue weighted by molar-refractivity contribution is -0.134. The van der Waals surface area contributed by atoms with E-state index < -0.39 is 11.9 Å². The van der Waals surface area contributed by atoms with Crippen LogP contribution in [0.2, 0.25) is 0 Å². The molecule has 2 amide bonds. The van der Waals surface area contributed by atoms with Crippen molar-refractivity contribution in [2.24, 2.45) is 5.92 Å². The van der Waals surface area contributed by atoms with Crippen molar-refractivity contribution < 1.29 is 18.7 Å². The highest BCUT2D eigenvalue weighted by Gasteiger charge is 2.34. The predicted octanol–water partition coefficient (Wildman–Crippen LogP) is 2.13. The molecular formula is C18H23FN2O3. The molecule has 2 unspecified atom stereocenters. The van der Waals surface area contributed by atoms with Crippen LogP contribution in [0.15, 0.2) is 36.9 Å². The smallest absolute Gasteiger partial charge is 0.261 e. The van der Waals surface area contributed by atoms with Gasteiger partial charge in [0.1, 0.15) is 0 Å². The van der Waals surface area contributed by atoms with Gasteiger partial charge in [-0.1, -0.05) is 25.6 Å². The third kappa shape index (κ3) is 4.13. The number of rotatable bonds is 7. The van der Waals surface area contributed by atoms with E-state index in [0.717, 1.165) is 0 Å². The Balaban J connectivity index is 1.87. The summed E-state index contributed by atoms with van der Waals surface area (Å²) in [4.78, 5) is 25.5. The van der Waals surface area contributed by atoms with Crippen LogP contribution in [-0.4, -0.2) is 41.9 Å². The van der Waals surface area contributed by atoms with Gasteiger partial charge in [0.05, 0.1) is 0 Å². The van der Waals surface area contributed by atoms with Crippen LogP contribution in [-0.2, 0) is 9.59 Å². The molecule has 1 aromatic carbocycles. The minimum Gasteiger partial charge on any atom is -0.478 e. The number of benzene rings is 1. The highest BCUT2D eigenvalue weighted by atomic mass is 19.1. The molecule has 1 heterocycles. The first kappa shape index (κ1) is 18.0. The number of nitrogens with one attached hydrogen (secondary N) is 1. The van der Waals surface area contributed by atoms with Gasteiger partial charge in [-0.3, -0.25) is 9.59 Å². The van der Waals surface area contributed by atoms with E-state index in [2.05, 4.69) is 11.9 Å². The summed E-state index contributed by atoms with van der Waals surface area (Å²) in [5, 5.41) is 2.90. The van der Waals surface area contributed by atoms with E-state index in [1.165, 1.54) is 18.2 Å². The first-order valence-electron chi connectivity index (χ1n) is 8.09. The van der Waals surface area contributed by atoms with Gasteiger partial charge < -0.3 is 15.0 Å². The number of halogens is 1. The Bertz CT molecular complexity index is 614. The van der Waals surface area contributed by atoms with Crippen LogP contribution in [0.4, 0.5) is 4.39 Å². The Kier molecular flexibility index (Phi) is 5.95. The van der Waals surface area contributed by atoms with Crippen LogP contribution in [0, 0.1) is 11.7 Å². The van der Waals surface area contributed by atoms with Crippen molar-refractivity contribution >= 4 is 11.8 Å². The minimum absolute atomic E-state index is 0.0681. The van der Waals surface area contributed by atoms with Crippen molar-refractivity contribution in [2.45, 2.75) is 32.4 Å². The number of carbonyl (C=O) groups excluding carboxylic acids is 2. The number of hydrogen-bond acceptors (Lipinski definition) is 3. The summed E-state index contributed by atoms with van der Waals surface area (Å²) in [5.41, 5.74) is 0. The molecule has 0 aromatic heterocycles. The van der Waals surface area contributed by atoms with E-state index in [1.807, 2.05) is 13.8 Å². The standard InChI is InChI=1S/C18H23FN2O3/c1-4-15(24-16-9-7-6-8-14(16)19)18(23)20-12(3)13-10-21(11-13)17(22)5-2/h5-9,12-13,15H,2,4,10-11H2,1,3H3,(H,20,23). The van der Waals surface area contributed by atoms with Crippen molar-refractivity contribution in [3.8, 4) is 5.75 Å². The number of para-hydroxylation sites is 1. The van der Waals surface area contributed by atoms with E-state index in [1.54, 1.807) is 17.0 Å². The van der Waals surface area contributed by atoms with Gasteiger partial charge in [-0.05, 0) is 31.6 Å². The lowest BCUT2D eigenvalue weighted by Gasteiger charge is -2.42. The van der Waals surface area contributed by atoms with Crippen LogP contribution in [0.3, 0.4) is 0 Å². The maximum Gasteiger partial charge on any atom is 0.261 e. The molecule has 6 heteroatoms. The molecule has 0 saturated carbocycles. The fraction of sp³-hybridized carbons (Fsp3) is 0.444. The van der Waals surface area contributed by atoms with E-state index in [0.29, 0.717) is 19.5 Å². The van der Waals surface area contributed by atoms with Crippen LogP contribution < -0.4 is 10.1 Å². The summed E-state index contributed by atoms with van der Waals surface area (Å²) in [6.45, 7) is 8.35. The van der Waals surface area contributed by atoms with Crippen molar-refractivity contribution in [1.29, 1.82) is 0 Å². The zero-order chi connectivity index (χ0) is 17.7. The van der Waals surface area contributed by atoms with Gasteiger partial charge in [0, 0.05) is 25.0 Å². The minimum atomic E-state index is -0.754. The third-order valence-electron chi connectivity index (χ3n) is 4.24. The fourth-order valence-corrected chi connectivity index (χ4v) is 2.59. The summed E-state index contributed by atoms with van der Waals surface area (Å²) in [5.74, 6) is -0.599. The van der Waals surface area contributed by atoms with E-state index in [4.69, 9.17) is 4.74 Å². The second-order valence-electron chi connectivity index (χ2n) is 5.95. The van der Waals surface area contributed by atoms with E-state index in [-0.39, 0.29) is 29.5 Å². The summed E-state index contributed by atoms with van der Waals surface area (Å²) in [7, 11) is 0. The SMILES string of the molecule is C=CC(=O)N1CC(C(C)NC(=O)C(CC)Oc2ccccc2F)C1. The zero-order valence-electron chi connectivity index (χ0n) is 14.0. The Morgan fingerprint density at radius 2 is 2.12 bits per heavy atom. The van der Waals surface area contributed by atoms with Gasteiger partial charge in [0.15, 0.2) is 17.7 Å². The molecule has 1 N–H and O–H groups in total. The van der Waals surface area contributed by atoms with Crippen LogP contribution in [0.25, 0.3) is 0 Å². The second kappa shape index (κ2) is 7.95. The van der Waals surface area contributed by atoms with Crippen LogP contribution in [0.5, 0.6) is 5.75 Å². The lowest BCUT2D eigenvalue weighted by Crippen LogP contribution is -2.58. The molecule has 2 atom stereocenters. The van der Waals surface area contributed by atoms with E-state index in [9.17, 15) is 14.0 Å². The van der Waals surface area contributed by atoms with Gasteiger partial charge in [-0.25, -0.2) is 4.39 Å². The fourth-order valence-electron chi connectivity index (χ4n) is 2.59. The third-order valence-corrected chi connectivity index (χ3v) is 4.24. The molecule has 0 aliphatic carbocycles. The van der Waals surface area contributed by atoms with Crippen LogP contribution >= 0.6 is 0 Å². The van der Waals surface area contributed by atoms with Crippen LogP contribution in [0.1, 0.15) is 20.3 Å². The van der Waals surface area contributed by atoms with E-state index >= 15 is 0 Å². The molecule has 0 bridgehead atoms. The second-order valence-corrected chi connectivity index (χ2v) is 5.95. The monoisotopic (exact) mass is 334 g/mol. The quantitative estimate of drug-likeness (QED) is 0.777. The molecule has 24 heavy (non-hydrogen) atoms. The molecule has 130 valence electrons. The number of likely N-dealkylation sites (tertiary alicyclic amines) is 1. The Morgan fingerprint density at radius 3 is 2.71 bits per heavy atom. The number of carbonyl (C=O) groups is 2. The molecule has 0 spiro atoms. The summed E-state index contributed by atoms with van der Waals surface area (Å²) < 4.78 is 19.2. The van der Waals surface area contributed by atoms with Gasteiger partial charge in [-0.2, -0.15) is 0 Å². The molecule has 1 saturated heterocycles. The van der Waals surface area contributed by atoms with Crippen molar-refractivity contribution in [2.75, 3.05) is 13.1 Å². The molecule has 1 aliphatic heterocycles. The van der Waals surface area contributed by atoms with Crippen molar-refractivity contribution in [3.63, 3.8) is 0 Å². The van der Waals surface area contributed by atoms with Crippen molar-refractivity contribution in [3.05, 3.63) is 42.7 Å². The molecule has 2 rings (SSSR count). The van der Waals surface area contributed by atoms with Gasteiger partial charge >= 0.3 is 0 Å². The van der Waals surface area contributed by atoms with Gasteiger partial charge in [0.25, 0.3) is 5.91 Å². The average molecular weight is 334 g/mol. The number of hydrogen-bond donors (Lipinski definition) is 1. The zero-order valence-corrected chi connectivity index (χ0v) is 14.0. The summed E-state index contributed by atoms with van der Waals surface area (Å²) in [6.07, 6.45) is 0.961. The first-order valence-corrected chi connectivity index (χ1v) is 8.09. The topological polar surface area (TPSA) is 58.6 Å². The van der Waals surface area contributed by atoms with Gasteiger partial charge in [0.2, 0.25) is 5.91 Å². The molecule has 0 radical (unpaired) electrons. The predicted molar refractivity (Wildman–Crippen MR) is 89.0 cm³/mol. The number of nitrogens with zero attached hydrogens (tertiary/aromatic N) is 1. The largest absolute Gasteiger partial charge is 0.478 e.